The van der Waals surface area contributed by atoms with Gasteiger partial charge in [-0.05, 0) is 35.9 Å². The number of benzene rings is 2. The number of aliphatic hydroxyl groups excluding tert-OH is 1. The van der Waals surface area contributed by atoms with Gasteiger partial charge in [-0.25, -0.2) is 8.78 Å². The van der Waals surface area contributed by atoms with Crippen molar-refractivity contribution >= 4 is 0 Å². The molecule has 0 bridgehead atoms. The van der Waals surface area contributed by atoms with Crippen LogP contribution in [0.15, 0.2) is 42.5 Å². The molecule has 2 aromatic rings. The summed E-state index contributed by atoms with van der Waals surface area (Å²) in [6, 6.07) is 6.95. The quantitative estimate of drug-likeness (QED) is 0.840. The maximum atomic E-state index is 13.6. The van der Waals surface area contributed by atoms with Crippen LogP contribution in [-0.2, 0) is 12.6 Å². The molecule has 0 amide bonds. The summed E-state index contributed by atoms with van der Waals surface area (Å²) in [5, 5.41) is 9.91. The Morgan fingerprint density at radius 3 is 2.14 bits per heavy atom. The molecule has 0 aliphatic rings. The highest BCUT2D eigenvalue weighted by atomic mass is 19.4. The lowest BCUT2D eigenvalue weighted by molar-refractivity contribution is -0.137. The second-order valence-electron chi connectivity index (χ2n) is 4.58. The molecule has 1 atom stereocenters. The van der Waals surface area contributed by atoms with Crippen molar-refractivity contribution in [2.45, 2.75) is 18.7 Å². The third kappa shape index (κ3) is 3.78. The number of halogens is 5. The lowest BCUT2D eigenvalue weighted by Gasteiger charge is -2.15. The van der Waals surface area contributed by atoms with Gasteiger partial charge in [0.15, 0.2) is 0 Å². The maximum Gasteiger partial charge on any atom is 0.416 e. The largest absolute Gasteiger partial charge is 0.416 e. The van der Waals surface area contributed by atoms with Gasteiger partial charge in [0.05, 0.1) is 11.7 Å². The summed E-state index contributed by atoms with van der Waals surface area (Å²) in [5.41, 5.74) is -0.980. The van der Waals surface area contributed by atoms with Gasteiger partial charge in [0.2, 0.25) is 0 Å². The molecule has 0 heterocycles. The fourth-order valence-corrected chi connectivity index (χ4v) is 1.93. The summed E-state index contributed by atoms with van der Waals surface area (Å²) in [6.07, 6.45) is -6.17. The molecule has 6 heteroatoms. The van der Waals surface area contributed by atoms with E-state index in [-0.39, 0.29) is 6.42 Å². The van der Waals surface area contributed by atoms with E-state index >= 15 is 0 Å². The molecule has 0 spiro atoms. The Balaban J connectivity index is 2.26. The number of hydrogen-bond acceptors (Lipinski definition) is 1. The van der Waals surface area contributed by atoms with E-state index in [9.17, 15) is 27.1 Å². The summed E-state index contributed by atoms with van der Waals surface area (Å²) in [4.78, 5) is 0. The van der Waals surface area contributed by atoms with Crippen LogP contribution in [0, 0.1) is 11.6 Å². The summed E-state index contributed by atoms with van der Waals surface area (Å²) in [5.74, 6) is -1.39. The van der Waals surface area contributed by atoms with E-state index in [1.807, 2.05) is 0 Å². The molecule has 0 saturated heterocycles. The number of rotatable bonds is 3. The second kappa shape index (κ2) is 5.81. The Labute approximate surface area is 117 Å². The first kappa shape index (κ1) is 15.4. The molecule has 0 fully saturated rings. The Morgan fingerprint density at radius 1 is 0.952 bits per heavy atom. The maximum absolute atomic E-state index is 13.6. The third-order valence-corrected chi connectivity index (χ3v) is 3.02. The van der Waals surface area contributed by atoms with Crippen molar-refractivity contribution in [3.8, 4) is 0 Å². The molecular weight excluding hydrogens is 291 g/mol. The first-order valence-electron chi connectivity index (χ1n) is 6.06. The smallest absolute Gasteiger partial charge is 0.388 e. The van der Waals surface area contributed by atoms with Crippen LogP contribution in [0.25, 0.3) is 0 Å². The van der Waals surface area contributed by atoms with E-state index < -0.39 is 35.0 Å². The standard InChI is InChI=1S/C15H11F5O/c16-11-4-1-9(2-5-11)7-14(21)12-8-10(15(18,19)20)3-6-13(12)17/h1-6,8,14,21H,7H2. The van der Waals surface area contributed by atoms with Crippen molar-refractivity contribution in [1.29, 1.82) is 0 Å². The third-order valence-electron chi connectivity index (χ3n) is 3.02. The van der Waals surface area contributed by atoms with Gasteiger partial charge in [-0.1, -0.05) is 12.1 Å². The fourth-order valence-electron chi connectivity index (χ4n) is 1.93. The van der Waals surface area contributed by atoms with Crippen molar-refractivity contribution in [1.82, 2.24) is 0 Å². The Kier molecular flexibility index (Phi) is 4.27. The van der Waals surface area contributed by atoms with Gasteiger partial charge in [0, 0.05) is 12.0 Å². The van der Waals surface area contributed by atoms with Crippen molar-refractivity contribution in [2.24, 2.45) is 0 Å². The minimum Gasteiger partial charge on any atom is -0.388 e. The molecule has 0 aliphatic carbocycles. The van der Waals surface area contributed by atoms with Gasteiger partial charge >= 0.3 is 6.18 Å². The van der Waals surface area contributed by atoms with Gasteiger partial charge in [-0.2, -0.15) is 13.2 Å². The molecule has 1 nitrogen and oxygen atoms in total. The van der Waals surface area contributed by atoms with Crippen molar-refractivity contribution in [2.75, 3.05) is 0 Å². The first-order chi connectivity index (χ1) is 9.77. The second-order valence-corrected chi connectivity index (χ2v) is 4.58. The predicted octanol–water partition coefficient (Wildman–Crippen LogP) is 4.26. The van der Waals surface area contributed by atoms with Gasteiger partial charge < -0.3 is 5.11 Å². The summed E-state index contributed by atoms with van der Waals surface area (Å²) >= 11 is 0. The zero-order valence-electron chi connectivity index (χ0n) is 10.7. The summed E-state index contributed by atoms with van der Waals surface area (Å²) < 4.78 is 64.1. The van der Waals surface area contributed by atoms with Crippen LogP contribution in [0.2, 0.25) is 0 Å². The highest BCUT2D eigenvalue weighted by molar-refractivity contribution is 5.30. The average molecular weight is 302 g/mol. The highest BCUT2D eigenvalue weighted by Gasteiger charge is 2.31. The lowest BCUT2D eigenvalue weighted by Crippen LogP contribution is -2.10. The average Bonchev–Trinajstić information content (AvgIpc) is 2.40. The first-order valence-corrected chi connectivity index (χ1v) is 6.06. The van der Waals surface area contributed by atoms with Crippen LogP contribution >= 0.6 is 0 Å². The van der Waals surface area contributed by atoms with Gasteiger partial charge in [0.1, 0.15) is 11.6 Å². The molecule has 1 unspecified atom stereocenters. The van der Waals surface area contributed by atoms with Crippen LogP contribution in [-0.4, -0.2) is 5.11 Å². The van der Waals surface area contributed by atoms with Crippen LogP contribution in [0.3, 0.4) is 0 Å². The minimum atomic E-state index is -4.61. The van der Waals surface area contributed by atoms with E-state index in [4.69, 9.17) is 0 Å². The summed E-state index contributed by atoms with van der Waals surface area (Å²) in [7, 11) is 0. The Morgan fingerprint density at radius 2 is 1.57 bits per heavy atom. The number of alkyl halides is 3. The van der Waals surface area contributed by atoms with Gasteiger partial charge in [0.25, 0.3) is 0 Å². The molecule has 112 valence electrons. The van der Waals surface area contributed by atoms with E-state index in [1.165, 1.54) is 12.1 Å². The van der Waals surface area contributed by atoms with Crippen LogP contribution < -0.4 is 0 Å². The topological polar surface area (TPSA) is 20.2 Å². The van der Waals surface area contributed by atoms with Crippen molar-refractivity contribution in [3.05, 3.63) is 70.8 Å². The zero-order valence-corrected chi connectivity index (χ0v) is 10.7. The molecule has 0 radical (unpaired) electrons. The SMILES string of the molecule is OC(Cc1ccc(F)cc1)c1cc(C(F)(F)F)ccc1F. The molecule has 21 heavy (non-hydrogen) atoms. The van der Waals surface area contributed by atoms with Gasteiger partial charge in [-0.15, -0.1) is 0 Å². The minimum absolute atomic E-state index is 0.113. The van der Waals surface area contributed by atoms with Crippen LogP contribution in [0.4, 0.5) is 22.0 Å². The Hall–Kier alpha value is -1.95. The van der Waals surface area contributed by atoms with E-state index in [2.05, 4.69) is 0 Å². The molecule has 2 rings (SSSR count). The Bertz CT molecular complexity index is 619. The van der Waals surface area contributed by atoms with E-state index in [1.54, 1.807) is 0 Å². The monoisotopic (exact) mass is 302 g/mol. The van der Waals surface area contributed by atoms with Crippen LogP contribution in [0.5, 0.6) is 0 Å². The molecular formula is C15H11F5O. The normalized spacial score (nSPS) is 13.2. The number of aliphatic hydroxyl groups is 1. The van der Waals surface area contributed by atoms with Crippen molar-refractivity contribution < 1.29 is 27.1 Å². The van der Waals surface area contributed by atoms with E-state index in [0.29, 0.717) is 23.8 Å². The molecule has 0 aliphatic heterocycles. The molecule has 0 saturated carbocycles. The summed E-state index contributed by atoms with van der Waals surface area (Å²) in [6.45, 7) is 0. The van der Waals surface area contributed by atoms with Gasteiger partial charge in [-0.3, -0.25) is 0 Å². The fraction of sp³-hybridized carbons (Fsp3) is 0.200. The van der Waals surface area contributed by atoms with Crippen molar-refractivity contribution in [3.63, 3.8) is 0 Å². The molecule has 0 aromatic heterocycles. The molecule has 1 N–H and O–H groups in total. The zero-order chi connectivity index (χ0) is 15.6. The molecule has 2 aromatic carbocycles. The number of hydrogen-bond donors (Lipinski definition) is 1. The van der Waals surface area contributed by atoms with Crippen LogP contribution in [0.1, 0.15) is 22.8 Å². The predicted molar refractivity (Wildman–Crippen MR) is 66.5 cm³/mol. The lowest BCUT2D eigenvalue weighted by atomic mass is 9.99. The van der Waals surface area contributed by atoms with E-state index in [0.717, 1.165) is 12.1 Å². The highest BCUT2D eigenvalue weighted by Crippen LogP contribution is 2.32.